The smallest absolute Gasteiger partial charge is 0.194 e. The van der Waals surface area contributed by atoms with Crippen molar-refractivity contribution in [2.45, 2.75) is 33.5 Å². The van der Waals surface area contributed by atoms with E-state index in [9.17, 15) is 5.11 Å². The van der Waals surface area contributed by atoms with Gasteiger partial charge in [-0.25, -0.2) is 9.98 Å². The van der Waals surface area contributed by atoms with E-state index in [-0.39, 0.29) is 6.61 Å². The van der Waals surface area contributed by atoms with E-state index in [0.29, 0.717) is 6.54 Å². The Morgan fingerprint density at radius 3 is 2.70 bits per heavy atom. The van der Waals surface area contributed by atoms with E-state index >= 15 is 0 Å². The first-order valence-electron chi connectivity index (χ1n) is 7.72. The molecule has 0 amide bonds. The minimum atomic E-state index is 0.0379. The van der Waals surface area contributed by atoms with Crippen LogP contribution in [0.15, 0.2) is 34.6 Å². The van der Waals surface area contributed by atoms with Gasteiger partial charge in [-0.3, -0.25) is 0 Å². The van der Waals surface area contributed by atoms with E-state index in [4.69, 9.17) is 4.99 Å². The highest BCUT2D eigenvalue weighted by Gasteiger charge is 2.09. The molecule has 2 rings (SSSR count). The molecule has 0 aliphatic carbocycles. The Bertz CT molecular complexity index is 654. The fraction of sp³-hybridized carbons (Fsp3) is 0.412. The van der Waals surface area contributed by atoms with Crippen molar-refractivity contribution in [3.63, 3.8) is 0 Å². The molecule has 124 valence electrons. The average molecular weight is 332 g/mol. The summed E-state index contributed by atoms with van der Waals surface area (Å²) < 4.78 is 0. The number of aromatic nitrogens is 1. The Hall–Kier alpha value is -1.92. The van der Waals surface area contributed by atoms with Crippen LogP contribution >= 0.6 is 11.3 Å². The van der Waals surface area contributed by atoms with Crippen molar-refractivity contribution in [1.82, 2.24) is 15.2 Å². The first-order chi connectivity index (χ1) is 11.1. The highest BCUT2D eigenvalue weighted by molar-refractivity contribution is 7.09. The second-order valence-corrected chi connectivity index (χ2v) is 6.37. The topological polar surface area (TPSA) is 60.8 Å². The number of nitrogens with zero attached hydrogens (tertiary/aromatic N) is 3. The van der Waals surface area contributed by atoms with Crippen LogP contribution in [0.1, 0.15) is 28.8 Å². The lowest BCUT2D eigenvalue weighted by molar-refractivity contribution is 0.280. The van der Waals surface area contributed by atoms with Crippen LogP contribution in [0.4, 0.5) is 0 Å². The van der Waals surface area contributed by atoms with Crippen molar-refractivity contribution in [2.75, 3.05) is 13.6 Å². The number of guanidine groups is 1. The van der Waals surface area contributed by atoms with Gasteiger partial charge in [-0.1, -0.05) is 24.3 Å². The first-order valence-corrected chi connectivity index (χ1v) is 8.60. The Morgan fingerprint density at radius 2 is 2.09 bits per heavy atom. The molecule has 0 bridgehead atoms. The number of hydrogen-bond donors (Lipinski definition) is 2. The van der Waals surface area contributed by atoms with Crippen LogP contribution in [-0.4, -0.2) is 34.5 Å². The third kappa shape index (κ3) is 5.04. The molecule has 6 heteroatoms. The maximum atomic E-state index is 9.41. The third-order valence-electron chi connectivity index (χ3n) is 3.45. The molecular formula is C17H24N4OS. The van der Waals surface area contributed by atoms with Gasteiger partial charge >= 0.3 is 0 Å². The number of rotatable bonds is 6. The van der Waals surface area contributed by atoms with Gasteiger partial charge in [-0.2, -0.15) is 0 Å². The van der Waals surface area contributed by atoms with Gasteiger partial charge in [0.2, 0.25) is 0 Å². The predicted octanol–water partition coefficient (Wildman–Crippen LogP) is 2.54. The minimum Gasteiger partial charge on any atom is -0.392 e. The summed E-state index contributed by atoms with van der Waals surface area (Å²) in [6, 6.07) is 7.83. The van der Waals surface area contributed by atoms with E-state index in [1.807, 2.05) is 38.2 Å². The van der Waals surface area contributed by atoms with Gasteiger partial charge in [-0.05, 0) is 25.0 Å². The van der Waals surface area contributed by atoms with Gasteiger partial charge in [-0.15, -0.1) is 11.3 Å². The molecule has 23 heavy (non-hydrogen) atoms. The summed E-state index contributed by atoms with van der Waals surface area (Å²) >= 11 is 1.66. The van der Waals surface area contributed by atoms with E-state index in [1.54, 1.807) is 11.3 Å². The van der Waals surface area contributed by atoms with E-state index in [0.717, 1.165) is 40.9 Å². The number of benzene rings is 1. The molecule has 1 aromatic carbocycles. The molecule has 0 atom stereocenters. The van der Waals surface area contributed by atoms with Crippen molar-refractivity contribution in [2.24, 2.45) is 4.99 Å². The van der Waals surface area contributed by atoms with Gasteiger partial charge in [0.1, 0.15) is 0 Å². The molecule has 0 radical (unpaired) electrons. The van der Waals surface area contributed by atoms with Crippen LogP contribution in [-0.2, 0) is 19.7 Å². The fourth-order valence-electron chi connectivity index (χ4n) is 2.29. The maximum Gasteiger partial charge on any atom is 0.194 e. The average Bonchev–Trinajstić information content (AvgIpc) is 2.96. The lowest BCUT2D eigenvalue weighted by Gasteiger charge is -2.21. The minimum absolute atomic E-state index is 0.0379. The van der Waals surface area contributed by atoms with Gasteiger partial charge < -0.3 is 15.3 Å². The van der Waals surface area contributed by atoms with Crippen molar-refractivity contribution in [1.29, 1.82) is 0 Å². The summed E-state index contributed by atoms with van der Waals surface area (Å²) in [5.74, 6) is 0.839. The van der Waals surface area contributed by atoms with Crippen LogP contribution in [0.5, 0.6) is 0 Å². The largest absolute Gasteiger partial charge is 0.392 e. The summed E-state index contributed by atoms with van der Waals surface area (Å²) in [6.45, 7) is 6.17. The van der Waals surface area contributed by atoms with Crippen LogP contribution in [0.25, 0.3) is 0 Å². The van der Waals surface area contributed by atoms with Crippen LogP contribution in [0, 0.1) is 6.92 Å². The summed E-state index contributed by atoms with van der Waals surface area (Å²) in [4.78, 5) is 11.3. The molecule has 0 aliphatic rings. The summed E-state index contributed by atoms with van der Waals surface area (Å²) in [5, 5.41) is 15.9. The molecule has 0 fully saturated rings. The van der Waals surface area contributed by atoms with Crippen molar-refractivity contribution < 1.29 is 5.11 Å². The second kappa shape index (κ2) is 8.64. The Kier molecular flexibility index (Phi) is 6.55. The van der Waals surface area contributed by atoms with Crippen molar-refractivity contribution in [3.05, 3.63) is 51.5 Å². The molecule has 1 aromatic heterocycles. The van der Waals surface area contributed by atoms with Gasteiger partial charge in [0.05, 0.1) is 30.4 Å². The van der Waals surface area contributed by atoms with Gasteiger partial charge in [0.25, 0.3) is 0 Å². The number of nitrogens with one attached hydrogen (secondary N) is 1. The number of aryl methyl sites for hydroxylation is 1. The highest BCUT2D eigenvalue weighted by atomic mass is 32.1. The molecule has 0 aliphatic heterocycles. The first kappa shape index (κ1) is 17.4. The molecule has 0 spiro atoms. The fourth-order valence-corrected chi connectivity index (χ4v) is 2.90. The van der Waals surface area contributed by atoms with E-state index in [2.05, 4.69) is 27.5 Å². The zero-order valence-corrected chi connectivity index (χ0v) is 14.7. The van der Waals surface area contributed by atoms with E-state index in [1.165, 1.54) is 0 Å². The normalized spacial score (nSPS) is 11.6. The lowest BCUT2D eigenvalue weighted by Crippen LogP contribution is -2.38. The quantitative estimate of drug-likeness (QED) is 0.630. The molecule has 0 saturated heterocycles. The van der Waals surface area contributed by atoms with Crippen LogP contribution in [0.3, 0.4) is 0 Å². The molecule has 0 unspecified atom stereocenters. The van der Waals surface area contributed by atoms with Gasteiger partial charge in [0, 0.05) is 19.0 Å². The second-order valence-electron chi connectivity index (χ2n) is 5.31. The number of aliphatic hydroxyl groups excluding tert-OH is 1. The molecule has 2 aromatic rings. The lowest BCUT2D eigenvalue weighted by atomic mass is 10.1. The number of thiazole rings is 1. The zero-order chi connectivity index (χ0) is 16.7. The molecule has 5 nitrogen and oxygen atoms in total. The predicted molar refractivity (Wildman–Crippen MR) is 95.5 cm³/mol. The summed E-state index contributed by atoms with van der Waals surface area (Å²) in [5.41, 5.74) is 3.02. The Morgan fingerprint density at radius 1 is 1.35 bits per heavy atom. The molecule has 0 saturated carbocycles. The summed E-state index contributed by atoms with van der Waals surface area (Å²) in [7, 11) is 2.01. The standard InChI is InChI=1S/C17H24N4OS/c1-4-18-17(21(3)10-16-12-23-13(2)20-16)19-9-14-7-5-6-8-15(14)11-22/h5-8,12,22H,4,9-11H2,1-3H3,(H,18,19). The van der Waals surface area contributed by atoms with E-state index < -0.39 is 0 Å². The maximum absolute atomic E-state index is 9.41. The SMILES string of the molecule is CCNC(=NCc1ccccc1CO)N(C)Cc1csc(C)n1. The van der Waals surface area contributed by atoms with Crippen LogP contribution in [0.2, 0.25) is 0 Å². The van der Waals surface area contributed by atoms with Crippen molar-refractivity contribution in [3.8, 4) is 0 Å². The highest BCUT2D eigenvalue weighted by Crippen LogP contribution is 2.12. The summed E-state index contributed by atoms with van der Waals surface area (Å²) in [6.07, 6.45) is 0. The van der Waals surface area contributed by atoms with Crippen molar-refractivity contribution >= 4 is 17.3 Å². The number of hydrogen-bond acceptors (Lipinski definition) is 4. The number of aliphatic hydroxyl groups is 1. The monoisotopic (exact) mass is 332 g/mol. The molecule has 1 heterocycles. The molecular weight excluding hydrogens is 308 g/mol. The Labute approximate surface area is 141 Å². The van der Waals surface area contributed by atoms with Gasteiger partial charge in [0.15, 0.2) is 5.96 Å². The Balaban J connectivity index is 2.09. The van der Waals surface area contributed by atoms with Crippen LogP contribution < -0.4 is 5.32 Å². The third-order valence-corrected chi connectivity index (χ3v) is 4.27. The zero-order valence-electron chi connectivity index (χ0n) is 13.9. The number of aliphatic imine (C=N–C) groups is 1. The molecule has 2 N–H and O–H groups in total.